The van der Waals surface area contributed by atoms with Crippen LogP contribution in [0.25, 0.3) is 10.9 Å². The molecule has 0 spiro atoms. The number of Topliss-reactive ketones (excluding diaryl/α,β-unsaturated/α-hetero) is 1. The van der Waals surface area contributed by atoms with Gasteiger partial charge in [0.1, 0.15) is 5.75 Å². The summed E-state index contributed by atoms with van der Waals surface area (Å²) in [7, 11) is 0. The van der Waals surface area contributed by atoms with Crippen LogP contribution < -0.4 is 10.3 Å². The molecule has 0 unspecified atom stereocenters. The van der Waals surface area contributed by atoms with Gasteiger partial charge in [-0.2, -0.15) is 0 Å². The molecule has 29 heavy (non-hydrogen) atoms. The van der Waals surface area contributed by atoms with Crippen LogP contribution in [-0.2, 0) is 0 Å². The highest BCUT2D eigenvalue weighted by molar-refractivity contribution is 7.99. The summed E-state index contributed by atoms with van der Waals surface area (Å²) in [5.41, 5.74) is 1.32. The van der Waals surface area contributed by atoms with E-state index in [9.17, 15) is 9.59 Å². The van der Waals surface area contributed by atoms with Crippen molar-refractivity contribution >= 4 is 28.4 Å². The third kappa shape index (κ3) is 4.22. The van der Waals surface area contributed by atoms with E-state index >= 15 is 0 Å². The number of benzene rings is 2. The average molecular weight is 409 g/mol. The Balaban J connectivity index is 1.60. The predicted octanol–water partition coefficient (Wildman–Crippen LogP) is 4.89. The lowest BCUT2D eigenvalue weighted by Crippen LogP contribution is -2.26. The molecular weight excluding hydrogens is 384 g/mol. The number of hydrogen-bond acceptors (Lipinski definition) is 5. The molecule has 0 amide bonds. The maximum absolute atomic E-state index is 13.2. The van der Waals surface area contributed by atoms with Crippen LogP contribution in [0.15, 0.2) is 58.5 Å². The Hall–Kier alpha value is -2.60. The molecule has 5 nitrogen and oxygen atoms in total. The summed E-state index contributed by atoms with van der Waals surface area (Å²) in [6.07, 6.45) is 4.22. The molecule has 0 saturated heterocycles. The molecule has 0 radical (unpaired) electrons. The van der Waals surface area contributed by atoms with Crippen LogP contribution in [0.3, 0.4) is 0 Å². The molecule has 0 aliphatic heterocycles. The fourth-order valence-electron chi connectivity index (χ4n) is 3.83. The first kappa shape index (κ1) is 19.7. The zero-order valence-corrected chi connectivity index (χ0v) is 17.3. The van der Waals surface area contributed by atoms with Gasteiger partial charge in [0, 0.05) is 11.6 Å². The second kappa shape index (κ2) is 8.82. The van der Waals surface area contributed by atoms with Gasteiger partial charge < -0.3 is 4.74 Å². The molecule has 1 aliphatic rings. The summed E-state index contributed by atoms with van der Waals surface area (Å²) in [4.78, 5) is 30.6. The van der Waals surface area contributed by atoms with E-state index in [0.717, 1.165) is 31.4 Å². The van der Waals surface area contributed by atoms with Gasteiger partial charge in [0.05, 0.1) is 23.3 Å². The fourth-order valence-corrected chi connectivity index (χ4v) is 4.79. The van der Waals surface area contributed by atoms with Crippen molar-refractivity contribution in [3.63, 3.8) is 0 Å². The Morgan fingerprint density at radius 1 is 1.14 bits per heavy atom. The smallest absolute Gasteiger partial charge is 0.262 e. The summed E-state index contributed by atoms with van der Waals surface area (Å²) in [5, 5.41) is 1.28. The minimum absolute atomic E-state index is 0.00137. The zero-order valence-electron chi connectivity index (χ0n) is 16.5. The number of aromatic nitrogens is 2. The highest BCUT2D eigenvalue weighted by Crippen LogP contribution is 2.32. The van der Waals surface area contributed by atoms with Gasteiger partial charge in [-0.3, -0.25) is 14.2 Å². The predicted molar refractivity (Wildman–Crippen MR) is 116 cm³/mol. The minimum Gasteiger partial charge on any atom is -0.494 e. The molecule has 0 atom stereocenters. The van der Waals surface area contributed by atoms with E-state index < -0.39 is 0 Å². The van der Waals surface area contributed by atoms with E-state index in [1.54, 1.807) is 12.1 Å². The topological polar surface area (TPSA) is 61.2 Å². The Morgan fingerprint density at radius 3 is 2.59 bits per heavy atom. The van der Waals surface area contributed by atoms with Gasteiger partial charge in [0.25, 0.3) is 5.56 Å². The molecular formula is C23H24N2O3S. The molecule has 1 fully saturated rings. The second-order valence-electron chi connectivity index (χ2n) is 7.19. The lowest BCUT2D eigenvalue weighted by Gasteiger charge is -2.18. The highest BCUT2D eigenvalue weighted by Gasteiger charge is 2.23. The molecule has 2 aromatic carbocycles. The molecule has 4 rings (SSSR count). The van der Waals surface area contributed by atoms with E-state index in [4.69, 9.17) is 9.72 Å². The van der Waals surface area contributed by atoms with E-state index in [1.807, 2.05) is 47.9 Å². The first-order valence-corrected chi connectivity index (χ1v) is 11.1. The van der Waals surface area contributed by atoms with E-state index in [0.29, 0.717) is 28.2 Å². The first-order valence-electron chi connectivity index (χ1n) is 10.1. The zero-order chi connectivity index (χ0) is 20.2. The molecule has 0 bridgehead atoms. The molecule has 1 heterocycles. The molecule has 0 N–H and O–H groups in total. The molecule has 1 aromatic heterocycles. The van der Waals surface area contributed by atoms with Crippen LogP contribution in [0.2, 0.25) is 0 Å². The number of ketones is 1. The van der Waals surface area contributed by atoms with Gasteiger partial charge in [-0.05, 0) is 56.2 Å². The maximum Gasteiger partial charge on any atom is 0.262 e. The summed E-state index contributed by atoms with van der Waals surface area (Å²) in [6.45, 7) is 2.52. The summed E-state index contributed by atoms with van der Waals surface area (Å²) in [5.74, 6) is 1.01. The number of fused-ring (bicyclic) bond motifs is 1. The molecule has 3 aromatic rings. The molecule has 1 aliphatic carbocycles. The minimum atomic E-state index is -0.00137. The number of hydrogen-bond donors (Lipinski definition) is 0. The SMILES string of the molecule is CCOc1ccc(C(=O)CSc2nc3ccccc3c(=O)n2C2CCCC2)cc1. The van der Waals surface area contributed by atoms with Crippen LogP contribution in [0.4, 0.5) is 0 Å². The van der Waals surface area contributed by atoms with E-state index in [-0.39, 0.29) is 23.1 Å². The van der Waals surface area contributed by atoms with Crippen molar-refractivity contribution in [3.05, 3.63) is 64.4 Å². The summed E-state index contributed by atoms with van der Waals surface area (Å²) < 4.78 is 7.26. The monoisotopic (exact) mass is 408 g/mol. The van der Waals surface area contributed by atoms with Crippen LogP contribution in [0.1, 0.15) is 49.0 Å². The van der Waals surface area contributed by atoms with Gasteiger partial charge in [0.15, 0.2) is 10.9 Å². The Morgan fingerprint density at radius 2 is 1.86 bits per heavy atom. The normalized spacial score (nSPS) is 14.4. The van der Waals surface area contributed by atoms with Gasteiger partial charge in [-0.15, -0.1) is 0 Å². The van der Waals surface area contributed by atoms with Crippen LogP contribution >= 0.6 is 11.8 Å². The maximum atomic E-state index is 13.2. The number of para-hydroxylation sites is 1. The lowest BCUT2D eigenvalue weighted by molar-refractivity contribution is 0.102. The van der Waals surface area contributed by atoms with Crippen molar-refractivity contribution < 1.29 is 9.53 Å². The third-order valence-electron chi connectivity index (χ3n) is 5.28. The number of rotatable bonds is 7. The van der Waals surface area contributed by atoms with Crippen molar-refractivity contribution in [3.8, 4) is 5.75 Å². The number of ether oxygens (including phenoxy) is 1. The van der Waals surface area contributed by atoms with Gasteiger partial charge >= 0.3 is 0 Å². The molecule has 6 heteroatoms. The highest BCUT2D eigenvalue weighted by atomic mass is 32.2. The van der Waals surface area contributed by atoms with Crippen LogP contribution in [-0.4, -0.2) is 27.7 Å². The summed E-state index contributed by atoms with van der Waals surface area (Å²) in [6, 6.07) is 14.8. The Kier molecular flexibility index (Phi) is 6.00. The standard InChI is InChI=1S/C23H24N2O3S/c1-2-28-18-13-11-16(12-14-18)21(26)15-29-23-24-20-10-6-5-9-19(20)22(27)25(23)17-7-3-4-8-17/h5-6,9-14,17H,2-4,7-8,15H2,1H3. The summed E-state index contributed by atoms with van der Waals surface area (Å²) >= 11 is 1.35. The van der Waals surface area contributed by atoms with Crippen molar-refractivity contribution in [1.29, 1.82) is 0 Å². The van der Waals surface area contributed by atoms with Crippen molar-refractivity contribution in [2.75, 3.05) is 12.4 Å². The Labute approximate surface area is 174 Å². The number of nitrogens with zero attached hydrogens (tertiary/aromatic N) is 2. The average Bonchev–Trinajstić information content (AvgIpc) is 3.27. The van der Waals surface area contributed by atoms with Crippen molar-refractivity contribution in [2.24, 2.45) is 0 Å². The van der Waals surface area contributed by atoms with Crippen LogP contribution in [0.5, 0.6) is 5.75 Å². The Bertz CT molecular complexity index is 1070. The second-order valence-corrected chi connectivity index (χ2v) is 8.14. The van der Waals surface area contributed by atoms with Gasteiger partial charge in [-0.1, -0.05) is 36.7 Å². The van der Waals surface area contributed by atoms with E-state index in [2.05, 4.69) is 0 Å². The quantitative estimate of drug-likeness (QED) is 0.317. The molecule has 1 saturated carbocycles. The molecule has 150 valence electrons. The largest absolute Gasteiger partial charge is 0.494 e. The van der Waals surface area contributed by atoms with Crippen LogP contribution in [0, 0.1) is 0 Å². The fraction of sp³-hybridized carbons (Fsp3) is 0.348. The number of carbonyl (C=O) groups excluding carboxylic acids is 1. The van der Waals surface area contributed by atoms with Gasteiger partial charge in [0.2, 0.25) is 0 Å². The third-order valence-corrected chi connectivity index (χ3v) is 6.24. The lowest BCUT2D eigenvalue weighted by atomic mass is 10.1. The number of thioether (sulfide) groups is 1. The van der Waals surface area contributed by atoms with E-state index in [1.165, 1.54) is 11.8 Å². The van der Waals surface area contributed by atoms with Gasteiger partial charge in [-0.25, -0.2) is 4.98 Å². The first-order chi connectivity index (χ1) is 14.2. The van der Waals surface area contributed by atoms with Crippen molar-refractivity contribution in [2.45, 2.75) is 43.8 Å². The van der Waals surface area contributed by atoms with Crippen molar-refractivity contribution in [1.82, 2.24) is 9.55 Å². The number of carbonyl (C=O) groups is 1.